The highest BCUT2D eigenvalue weighted by atomic mass is 19.1. The lowest BCUT2D eigenvalue weighted by Crippen LogP contribution is -2.48. The molecular weight excluding hydrogens is 327 g/mol. The third-order valence-corrected chi connectivity index (χ3v) is 4.18. The van der Waals surface area contributed by atoms with Crippen LogP contribution in [-0.4, -0.2) is 58.3 Å². The SMILES string of the molecule is Cc1cc(-c2cc(C(=O)N3CCN(C=O)CC3)[nH]c(=O)n2)ccc1F. The molecule has 0 saturated carbocycles. The number of carbonyl (C=O) groups is 2. The molecule has 2 heterocycles. The average Bonchev–Trinajstić information content (AvgIpc) is 2.63. The summed E-state index contributed by atoms with van der Waals surface area (Å²) in [6.45, 7) is 3.31. The van der Waals surface area contributed by atoms with Crippen LogP contribution in [0.1, 0.15) is 16.1 Å². The first-order valence-electron chi connectivity index (χ1n) is 7.84. The van der Waals surface area contributed by atoms with Gasteiger partial charge >= 0.3 is 5.69 Å². The predicted octanol–water partition coefficient (Wildman–Crippen LogP) is 0.799. The Bertz CT molecular complexity index is 872. The smallest absolute Gasteiger partial charge is 0.342 e. The van der Waals surface area contributed by atoms with Gasteiger partial charge in [0, 0.05) is 31.7 Å². The molecule has 25 heavy (non-hydrogen) atoms. The van der Waals surface area contributed by atoms with Crippen molar-refractivity contribution < 1.29 is 14.0 Å². The second-order valence-electron chi connectivity index (χ2n) is 5.88. The third kappa shape index (κ3) is 3.57. The Hall–Kier alpha value is -3.03. The van der Waals surface area contributed by atoms with E-state index in [4.69, 9.17) is 0 Å². The molecule has 1 fully saturated rings. The number of hydrogen-bond donors (Lipinski definition) is 1. The molecular formula is C17H17FN4O3. The van der Waals surface area contributed by atoms with E-state index in [-0.39, 0.29) is 17.4 Å². The number of rotatable bonds is 3. The predicted molar refractivity (Wildman–Crippen MR) is 88.5 cm³/mol. The van der Waals surface area contributed by atoms with Crippen molar-refractivity contribution in [1.82, 2.24) is 19.8 Å². The Morgan fingerprint density at radius 1 is 1.24 bits per heavy atom. The third-order valence-electron chi connectivity index (χ3n) is 4.18. The van der Waals surface area contributed by atoms with Gasteiger partial charge in [0.15, 0.2) is 0 Å². The first-order chi connectivity index (χ1) is 12.0. The molecule has 2 amide bonds. The van der Waals surface area contributed by atoms with Crippen LogP contribution in [-0.2, 0) is 4.79 Å². The quantitative estimate of drug-likeness (QED) is 0.835. The lowest BCUT2D eigenvalue weighted by molar-refractivity contribution is -0.119. The highest BCUT2D eigenvalue weighted by Gasteiger charge is 2.22. The molecule has 1 aromatic heterocycles. The van der Waals surface area contributed by atoms with E-state index in [9.17, 15) is 18.8 Å². The van der Waals surface area contributed by atoms with Crippen LogP contribution in [0.5, 0.6) is 0 Å². The first kappa shape index (κ1) is 16.8. The molecule has 1 saturated heterocycles. The van der Waals surface area contributed by atoms with Gasteiger partial charge in [0.25, 0.3) is 5.91 Å². The maximum atomic E-state index is 13.4. The molecule has 1 aliphatic heterocycles. The minimum absolute atomic E-state index is 0.122. The van der Waals surface area contributed by atoms with E-state index in [0.29, 0.717) is 43.0 Å². The molecule has 0 atom stereocenters. The Kier molecular flexibility index (Phi) is 4.60. The van der Waals surface area contributed by atoms with Crippen LogP contribution in [0.3, 0.4) is 0 Å². The summed E-state index contributed by atoms with van der Waals surface area (Å²) >= 11 is 0. The summed E-state index contributed by atoms with van der Waals surface area (Å²) in [5.74, 6) is -0.678. The van der Waals surface area contributed by atoms with Crippen LogP contribution >= 0.6 is 0 Å². The fraction of sp³-hybridized carbons (Fsp3) is 0.294. The standard InChI is InChI=1S/C17H17FN4O3/c1-11-8-12(2-3-13(11)18)14-9-15(20-17(25)19-14)16(24)22-6-4-21(10-23)5-7-22/h2-3,8-10H,4-7H2,1H3,(H,19,20,25). The number of aromatic nitrogens is 2. The zero-order chi connectivity index (χ0) is 18.0. The van der Waals surface area contributed by atoms with Crippen LogP contribution < -0.4 is 5.69 Å². The minimum atomic E-state index is -0.644. The van der Waals surface area contributed by atoms with Crippen LogP contribution in [0.2, 0.25) is 0 Å². The summed E-state index contributed by atoms with van der Waals surface area (Å²) in [7, 11) is 0. The number of carbonyl (C=O) groups excluding carboxylic acids is 2. The van der Waals surface area contributed by atoms with Crippen molar-refractivity contribution in [2.24, 2.45) is 0 Å². The monoisotopic (exact) mass is 344 g/mol. The zero-order valence-corrected chi connectivity index (χ0v) is 13.7. The highest BCUT2D eigenvalue weighted by molar-refractivity contribution is 5.93. The number of piperazine rings is 1. The molecule has 0 bridgehead atoms. The van der Waals surface area contributed by atoms with E-state index in [1.807, 2.05) is 0 Å². The van der Waals surface area contributed by atoms with Crippen molar-refractivity contribution in [3.8, 4) is 11.3 Å². The number of benzene rings is 1. The van der Waals surface area contributed by atoms with Gasteiger partial charge in [-0.2, -0.15) is 4.98 Å². The molecule has 0 spiro atoms. The summed E-state index contributed by atoms with van der Waals surface area (Å²) in [5, 5.41) is 0. The summed E-state index contributed by atoms with van der Waals surface area (Å²) in [6.07, 6.45) is 0.755. The van der Waals surface area contributed by atoms with Crippen LogP contribution in [0.4, 0.5) is 4.39 Å². The Morgan fingerprint density at radius 3 is 2.60 bits per heavy atom. The lowest BCUT2D eigenvalue weighted by Gasteiger charge is -2.32. The molecule has 2 aromatic rings. The highest BCUT2D eigenvalue weighted by Crippen LogP contribution is 2.20. The van der Waals surface area contributed by atoms with E-state index >= 15 is 0 Å². The van der Waals surface area contributed by atoms with Crippen LogP contribution in [0.15, 0.2) is 29.1 Å². The van der Waals surface area contributed by atoms with Crippen molar-refractivity contribution in [3.05, 3.63) is 51.8 Å². The number of nitrogens with zero attached hydrogens (tertiary/aromatic N) is 3. The molecule has 8 heteroatoms. The molecule has 7 nitrogen and oxygen atoms in total. The fourth-order valence-corrected chi connectivity index (χ4v) is 2.73. The molecule has 1 N–H and O–H groups in total. The Morgan fingerprint density at radius 2 is 1.96 bits per heavy atom. The first-order valence-corrected chi connectivity index (χ1v) is 7.84. The number of nitrogens with one attached hydrogen (secondary N) is 1. The van der Waals surface area contributed by atoms with E-state index in [0.717, 1.165) is 6.41 Å². The van der Waals surface area contributed by atoms with Gasteiger partial charge in [0.2, 0.25) is 6.41 Å². The largest absolute Gasteiger partial charge is 0.346 e. The summed E-state index contributed by atoms with van der Waals surface area (Å²) < 4.78 is 13.4. The van der Waals surface area contributed by atoms with Gasteiger partial charge in [-0.25, -0.2) is 9.18 Å². The van der Waals surface area contributed by atoms with Crippen molar-refractivity contribution in [3.63, 3.8) is 0 Å². The second-order valence-corrected chi connectivity index (χ2v) is 5.88. The normalized spacial score (nSPS) is 14.5. The van der Waals surface area contributed by atoms with Gasteiger partial charge in [-0.05, 0) is 36.8 Å². The minimum Gasteiger partial charge on any atom is -0.342 e. The fourth-order valence-electron chi connectivity index (χ4n) is 2.73. The maximum absolute atomic E-state index is 13.4. The number of H-pyrrole nitrogens is 1. The summed E-state index contributed by atoms with van der Waals surface area (Å²) in [4.78, 5) is 44.7. The van der Waals surface area contributed by atoms with Gasteiger partial charge in [-0.3, -0.25) is 9.59 Å². The van der Waals surface area contributed by atoms with Crippen molar-refractivity contribution >= 4 is 12.3 Å². The van der Waals surface area contributed by atoms with Crippen molar-refractivity contribution in [2.75, 3.05) is 26.2 Å². The van der Waals surface area contributed by atoms with Gasteiger partial charge in [0.05, 0.1) is 5.69 Å². The Balaban J connectivity index is 1.89. The van der Waals surface area contributed by atoms with Gasteiger partial charge < -0.3 is 14.8 Å². The zero-order valence-electron chi connectivity index (χ0n) is 13.7. The number of hydrogen-bond acceptors (Lipinski definition) is 4. The van der Waals surface area contributed by atoms with E-state index in [1.54, 1.807) is 22.8 Å². The van der Waals surface area contributed by atoms with E-state index in [2.05, 4.69) is 9.97 Å². The van der Waals surface area contributed by atoms with Crippen LogP contribution in [0, 0.1) is 12.7 Å². The average molecular weight is 344 g/mol. The summed E-state index contributed by atoms with van der Waals surface area (Å²) in [6, 6.07) is 5.88. The maximum Gasteiger partial charge on any atom is 0.346 e. The number of aryl methyl sites for hydroxylation is 1. The number of amides is 2. The summed E-state index contributed by atoms with van der Waals surface area (Å²) in [5.41, 5.74) is 0.773. The Labute approximate surface area is 143 Å². The van der Waals surface area contributed by atoms with Crippen LogP contribution in [0.25, 0.3) is 11.3 Å². The van der Waals surface area contributed by atoms with Gasteiger partial charge in [-0.1, -0.05) is 0 Å². The molecule has 0 radical (unpaired) electrons. The topological polar surface area (TPSA) is 86.4 Å². The second kappa shape index (κ2) is 6.84. The molecule has 3 rings (SSSR count). The molecule has 1 aliphatic rings. The number of aromatic amines is 1. The van der Waals surface area contributed by atoms with E-state index in [1.165, 1.54) is 18.2 Å². The van der Waals surface area contributed by atoms with Gasteiger partial charge in [-0.15, -0.1) is 0 Å². The van der Waals surface area contributed by atoms with Gasteiger partial charge in [0.1, 0.15) is 11.5 Å². The molecule has 0 unspecified atom stereocenters. The van der Waals surface area contributed by atoms with E-state index < -0.39 is 5.69 Å². The molecule has 130 valence electrons. The molecule has 0 aliphatic carbocycles. The van der Waals surface area contributed by atoms with Crippen molar-refractivity contribution in [2.45, 2.75) is 6.92 Å². The molecule has 1 aromatic carbocycles. The van der Waals surface area contributed by atoms with Crippen molar-refractivity contribution in [1.29, 1.82) is 0 Å². The number of halogens is 1. The lowest BCUT2D eigenvalue weighted by atomic mass is 10.1.